The standard InChI is InChI=1S/C43H48N6O11.ClH/c1-27(60-28(2)50)39(42(56)45-24-37(51)48-49-43(57)59-26-32-11-7-4-8-12-32)47-41(55)36(46-40(54)35(44)23-38(52)53)22-31-17-19-34(20-18-31)58-25-33-15-13-30(14-16-33)21-29-9-5-3-6-10-29;/h3-20,27,35-36,39H,21-26,44H2,1-2H3,(H,45,56)(H,46,54)(H,47,55)(H,48,51)(H,49,57)(H,52,53);1H/t27-,35+,36+,39+;/m1./s1. The maximum atomic E-state index is 13.8. The van der Waals surface area contributed by atoms with Crippen LogP contribution >= 0.6 is 12.4 Å². The Morgan fingerprint density at radius 2 is 1.23 bits per heavy atom. The maximum Gasteiger partial charge on any atom is 0.426 e. The molecule has 4 atom stereocenters. The van der Waals surface area contributed by atoms with Crippen LogP contribution in [0.3, 0.4) is 0 Å². The molecule has 0 aliphatic rings. The van der Waals surface area contributed by atoms with Gasteiger partial charge in [0, 0.05) is 13.3 Å². The molecule has 0 saturated carbocycles. The Morgan fingerprint density at radius 3 is 1.84 bits per heavy atom. The number of carboxylic acid groups (broad SMARTS) is 1. The summed E-state index contributed by atoms with van der Waals surface area (Å²) in [5.74, 6) is -5.30. The van der Waals surface area contributed by atoms with Crippen LogP contribution in [0.25, 0.3) is 0 Å². The molecule has 4 aromatic carbocycles. The van der Waals surface area contributed by atoms with Gasteiger partial charge in [-0.25, -0.2) is 10.2 Å². The second kappa shape index (κ2) is 24.8. The van der Waals surface area contributed by atoms with Crippen LogP contribution in [0.15, 0.2) is 109 Å². The summed E-state index contributed by atoms with van der Waals surface area (Å²) in [5.41, 5.74) is 14.5. The van der Waals surface area contributed by atoms with E-state index in [0.29, 0.717) is 16.9 Å². The highest BCUT2D eigenvalue weighted by Gasteiger charge is 2.33. The van der Waals surface area contributed by atoms with Gasteiger partial charge in [0.1, 0.15) is 37.2 Å². The molecule has 0 aliphatic heterocycles. The van der Waals surface area contributed by atoms with Crippen LogP contribution in [-0.2, 0) is 64.3 Å². The third kappa shape index (κ3) is 17.4. The second-order valence-corrected chi connectivity index (χ2v) is 13.6. The molecule has 0 saturated heterocycles. The number of aliphatic carboxylic acids is 1. The number of ether oxygens (including phenoxy) is 3. The van der Waals surface area contributed by atoms with E-state index >= 15 is 0 Å². The van der Waals surface area contributed by atoms with E-state index in [2.05, 4.69) is 33.5 Å². The smallest absolute Gasteiger partial charge is 0.426 e. The van der Waals surface area contributed by atoms with Crippen LogP contribution in [0.1, 0.15) is 48.1 Å². The van der Waals surface area contributed by atoms with E-state index in [1.165, 1.54) is 12.5 Å². The summed E-state index contributed by atoms with van der Waals surface area (Å²) in [4.78, 5) is 87.5. The van der Waals surface area contributed by atoms with Gasteiger partial charge in [-0.3, -0.25) is 34.2 Å². The Morgan fingerprint density at radius 1 is 0.672 bits per heavy atom. The average Bonchev–Trinajstić information content (AvgIpc) is 3.23. The lowest BCUT2D eigenvalue weighted by Crippen LogP contribution is -2.60. The molecule has 0 aromatic heterocycles. The van der Waals surface area contributed by atoms with Crippen molar-refractivity contribution in [1.29, 1.82) is 0 Å². The number of hydrogen-bond donors (Lipinski definition) is 7. The summed E-state index contributed by atoms with van der Waals surface area (Å²) >= 11 is 0. The lowest BCUT2D eigenvalue weighted by Gasteiger charge is -2.27. The first-order chi connectivity index (χ1) is 28.7. The molecule has 324 valence electrons. The second-order valence-electron chi connectivity index (χ2n) is 13.6. The highest BCUT2D eigenvalue weighted by Crippen LogP contribution is 2.17. The van der Waals surface area contributed by atoms with Gasteiger partial charge in [-0.15, -0.1) is 12.4 Å². The van der Waals surface area contributed by atoms with Crippen LogP contribution in [0.4, 0.5) is 4.79 Å². The molecule has 4 aromatic rings. The minimum Gasteiger partial charge on any atom is -0.489 e. The molecule has 0 heterocycles. The minimum atomic E-state index is -1.59. The summed E-state index contributed by atoms with van der Waals surface area (Å²) in [6.45, 7) is 1.95. The SMILES string of the molecule is CC(=O)O[C@H](C)[C@H](NC(=O)[C@H](Cc1ccc(OCc2ccc(Cc3ccccc3)cc2)cc1)NC(=O)[C@@H](N)CC(=O)O)C(=O)NCC(=O)NNC(=O)OCc1ccccc1.Cl. The average molecular weight is 861 g/mol. The van der Waals surface area contributed by atoms with Crippen LogP contribution in [0, 0.1) is 0 Å². The van der Waals surface area contributed by atoms with Gasteiger partial charge in [-0.05, 0) is 53.3 Å². The Hall–Kier alpha value is -6.98. The molecule has 0 aliphatic carbocycles. The number of esters is 1. The summed E-state index contributed by atoms with van der Waals surface area (Å²) < 4.78 is 16.1. The number of carbonyl (C=O) groups excluding carboxylic acids is 6. The number of nitrogens with one attached hydrogen (secondary N) is 5. The largest absolute Gasteiger partial charge is 0.489 e. The van der Waals surface area contributed by atoms with Gasteiger partial charge in [0.25, 0.3) is 5.91 Å². The lowest BCUT2D eigenvalue weighted by molar-refractivity contribution is -0.150. The molecule has 0 unspecified atom stereocenters. The zero-order valence-electron chi connectivity index (χ0n) is 33.5. The molecule has 5 amide bonds. The van der Waals surface area contributed by atoms with Crippen molar-refractivity contribution < 1.29 is 52.9 Å². The maximum absolute atomic E-state index is 13.8. The zero-order valence-corrected chi connectivity index (χ0v) is 34.3. The summed E-state index contributed by atoms with van der Waals surface area (Å²) in [5, 5.41) is 16.4. The van der Waals surface area contributed by atoms with E-state index in [1.807, 2.05) is 47.9 Å². The highest BCUT2D eigenvalue weighted by atomic mass is 35.5. The Balaban J connectivity index is 0.00000992. The van der Waals surface area contributed by atoms with Crippen molar-refractivity contribution >= 4 is 54.1 Å². The number of amides is 5. The number of carboxylic acids is 1. The van der Waals surface area contributed by atoms with E-state index in [0.717, 1.165) is 24.5 Å². The molecule has 4 rings (SSSR count). The quantitative estimate of drug-likeness (QED) is 0.0501. The topological polar surface area (TPSA) is 254 Å². The van der Waals surface area contributed by atoms with E-state index in [9.17, 15) is 33.6 Å². The van der Waals surface area contributed by atoms with Gasteiger partial charge >= 0.3 is 18.0 Å². The first-order valence-corrected chi connectivity index (χ1v) is 18.9. The van der Waals surface area contributed by atoms with Crippen molar-refractivity contribution in [2.45, 2.75) is 70.6 Å². The van der Waals surface area contributed by atoms with E-state index in [-0.39, 0.29) is 32.0 Å². The molecule has 17 nitrogen and oxygen atoms in total. The zero-order chi connectivity index (χ0) is 43.4. The van der Waals surface area contributed by atoms with E-state index in [4.69, 9.17) is 25.1 Å². The van der Waals surface area contributed by atoms with Crippen LogP contribution in [0.5, 0.6) is 5.75 Å². The molecular formula is C43H49ClN6O11. The third-order valence-corrected chi connectivity index (χ3v) is 8.75. The van der Waals surface area contributed by atoms with Gasteiger partial charge in [0.15, 0.2) is 0 Å². The number of nitrogens with two attached hydrogens (primary N) is 1. The van der Waals surface area contributed by atoms with Crippen molar-refractivity contribution in [2.24, 2.45) is 5.73 Å². The number of carbonyl (C=O) groups is 7. The molecule has 0 spiro atoms. The van der Waals surface area contributed by atoms with E-state index < -0.39 is 78.9 Å². The Labute approximate surface area is 358 Å². The fraction of sp³-hybridized carbons (Fsp3) is 0.279. The number of benzene rings is 4. The van der Waals surface area contributed by atoms with Gasteiger partial charge in [0.05, 0.1) is 19.0 Å². The van der Waals surface area contributed by atoms with Crippen molar-refractivity contribution in [3.05, 3.63) is 137 Å². The number of hydrazine groups is 1. The van der Waals surface area contributed by atoms with Gasteiger partial charge in [-0.2, -0.15) is 0 Å². The minimum absolute atomic E-state index is 0. The predicted molar refractivity (Wildman–Crippen MR) is 224 cm³/mol. The first kappa shape index (κ1) is 48.4. The molecule has 0 radical (unpaired) electrons. The molecule has 0 fully saturated rings. The van der Waals surface area contributed by atoms with E-state index in [1.54, 1.807) is 54.6 Å². The number of hydrogen-bond acceptors (Lipinski definition) is 11. The normalized spacial score (nSPS) is 12.4. The molecule has 18 heteroatoms. The van der Waals surface area contributed by atoms with Gasteiger partial charge in [0.2, 0.25) is 17.7 Å². The summed E-state index contributed by atoms with van der Waals surface area (Å²) in [6.07, 6.45) is -2.31. The monoisotopic (exact) mass is 860 g/mol. The van der Waals surface area contributed by atoms with Gasteiger partial charge < -0.3 is 41.0 Å². The summed E-state index contributed by atoms with van der Waals surface area (Å²) in [6, 6.07) is 29.1. The number of halogens is 1. The first-order valence-electron chi connectivity index (χ1n) is 18.9. The summed E-state index contributed by atoms with van der Waals surface area (Å²) in [7, 11) is 0. The van der Waals surface area contributed by atoms with Crippen molar-refractivity contribution in [3.8, 4) is 5.75 Å². The molecule has 0 bridgehead atoms. The molecular weight excluding hydrogens is 812 g/mol. The molecule has 61 heavy (non-hydrogen) atoms. The highest BCUT2D eigenvalue weighted by molar-refractivity contribution is 5.95. The predicted octanol–water partition coefficient (Wildman–Crippen LogP) is 2.62. The Kier molecular flexibility index (Phi) is 19.7. The number of rotatable bonds is 20. The van der Waals surface area contributed by atoms with Crippen LogP contribution in [0.2, 0.25) is 0 Å². The Bertz CT molecular complexity index is 2070. The van der Waals surface area contributed by atoms with Crippen molar-refractivity contribution in [2.75, 3.05) is 6.54 Å². The van der Waals surface area contributed by atoms with Crippen LogP contribution < -0.4 is 37.3 Å². The van der Waals surface area contributed by atoms with Crippen molar-refractivity contribution in [3.63, 3.8) is 0 Å². The third-order valence-electron chi connectivity index (χ3n) is 8.75. The fourth-order valence-electron chi connectivity index (χ4n) is 5.66. The molecule has 8 N–H and O–H groups in total. The fourth-order valence-corrected chi connectivity index (χ4v) is 5.66. The lowest BCUT2D eigenvalue weighted by atomic mass is 10.0. The van der Waals surface area contributed by atoms with Gasteiger partial charge in [-0.1, -0.05) is 97.1 Å². The van der Waals surface area contributed by atoms with Crippen LogP contribution in [-0.4, -0.2) is 77.5 Å². The van der Waals surface area contributed by atoms with Crippen molar-refractivity contribution in [1.82, 2.24) is 26.8 Å².